The standard InChI is InChI=1S/C16H19N5S/c1-11(13-3-7-18-8-4-13)15(20-21-16(17)22)12(2)14-5-9-19-10-6-14/h3-12H,1-2H3,(H3,17,21,22). The predicted octanol–water partition coefficient (Wildman–Crippen LogP) is 2.57. The Bertz CT molecular complexity index is 595. The van der Waals surface area contributed by atoms with E-state index in [2.05, 4.69) is 34.3 Å². The maximum atomic E-state index is 5.51. The van der Waals surface area contributed by atoms with Crippen LogP contribution in [0.15, 0.2) is 54.2 Å². The zero-order chi connectivity index (χ0) is 15.9. The van der Waals surface area contributed by atoms with E-state index in [1.54, 1.807) is 24.8 Å². The summed E-state index contributed by atoms with van der Waals surface area (Å²) < 4.78 is 0. The molecule has 0 aliphatic rings. The van der Waals surface area contributed by atoms with Crippen LogP contribution < -0.4 is 11.2 Å². The summed E-state index contributed by atoms with van der Waals surface area (Å²) in [6, 6.07) is 7.95. The largest absolute Gasteiger partial charge is 0.375 e. The van der Waals surface area contributed by atoms with E-state index >= 15 is 0 Å². The molecule has 2 heterocycles. The third-order valence-corrected chi connectivity index (χ3v) is 3.69. The van der Waals surface area contributed by atoms with Crippen molar-refractivity contribution in [3.8, 4) is 0 Å². The molecule has 0 spiro atoms. The maximum absolute atomic E-state index is 5.51. The highest BCUT2D eigenvalue weighted by molar-refractivity contribution is 7.80. The van der Waals surface area contributed by atoms with E-state index in [1.807, 2.05) is 24.3 Å². The van der Waals surface area contributed by atoms with Crippen molar-refractivity contribution in [2.75, 3.05) is 0 Å². The van der Waals surface area contributed by atoms with Crippen molar-refractivity contribution >= 4 is 23.0 Å². The van der Waals surface area contributed by atoms with Gasteiger partial charge in [0, 0.05) is 36.6 Å². The number of hydrazone groups is 1. The lowest BCUT2D eigenvalue weighted by Gasteiger charge is -2.21. The van der Waals surface area contributed by atoms with Crippen LogP contribution in [0.5, 0.6) is 0 Å². The molecule has 0 aliphatic heterocycles. The summed E-state index contributed by atoms with van der Waals surface area (Å²) in [5.41, 5.74) is 11.5. The van der Waals surface area contributed by atoms with Gasteiger partial charge in [0.25, 0.3) is 0 Å². The lowest BCUT2D eigenvalue weighted by Crippen LogP contribution is -2.28. The molecule has 2 rings (SSSR count). The molecule has 0 aliphatic carbocycles. The van der Waals surface area contributed by atoms with Crippen LogP contribution in [0.2, 0.25) is 0 Å². The Morgan fingerprint density at radius 2 is 1.41 bits per heavy atom. The van der Waals surface area contributed by atoms with Gasteiger partial charge in [0.05, 0.1) is 5.71 Å². The molecule has 114 valence electrons. The molecule has 22 heavy (non-hydrogen) atoms. The number of pyridine rings is 2. The van der Waals surface area contributed by atoms with Gasteiger partial charge >= 0.3 is 0 Å². The van der Waals surface area contributed by atoms with E-state index in [-0.39, 0.29) is 16.9 Å². The monoisotopic (exact) mass is 313 g/mol. The summed E-state index contributed by atoms with van der Waals surface area (Å²) in [6.45, 7) is 4.21. The molecule has 0 saturated heterocycles. The minimum atomic E-state index is 0.105. The minimum absolute atomic E-state index is 0.105. The second-order valence-corrected chi connectivity index (χ2v) is 5.46. The van der Waals surface area contributed by atoms with Gasteiger partial charge in [0.15, 0.2) is 5.11 Å². The van der Waals surface area contributed by atoms with Crippen molar-refractivity contribution in [3.05, 3.63) is 60.2 Å². The van der Waals surface area contributed by atoms with Gasteiger partial charge in [-0.15, -0.1) is 0 Å². The smallest absolute Gasteiger partial charge is 0.184 e. The number of thiocarbonyl (C=S) groups is 1. The van der Waals surface area contributed by atoms with E-state index in [0.717, 1.165) is 16.8 Å². The number of aromatic nitrogens is 2. The summed E-state index contributed by atoms with van der Waals surface area (Å²) in [4.78, 5) is 8.12. The third-order valence-electron chi connectivity index (χ3n) is 3.59. The number of rotatable bonds is 5. The Labute approximate surface area is 135 Å². The Balaban J connectivity index is 2.34. The highest BCUT2D eigenvalue weighted by atomic mass is 32.1. The second kappa shape index (κ2) is 7.61. The van der Waals surface area contributed by atoms with Crippen LogP contribution in [0.3, 0.4) is 0 Å². The van der Waals surface area contributed by atoms with Crippen LogP contribution in [0.25, 0.3) is 0 Å². The van der Waals surface area contributed by atoms with Crippen LogP contribution in [-0.4, -0.2) is 20.8 Å². The fourth-order valence-electron chi connectivity index (χ4n) is 2.33. The van der Waals surface area contributed by atoms with Gasteiger partial charge in [-0.3, -0.25) is 15.4 Å². The quantitative estimate of drug-likeness (QED) is 0.504. The van der Waals surface area contributed by atoms with Crippen LogP contribution >= 0.6 is 12.2 Å². The molecular weight excluding hydrogens is 294 g/mol. The van der Waals surface area contributed by atoms with Crippen LogP contribution in [0, 0.1) is 0 Å². The van der Waals surface area contributed by atoms with Crippen molar-refractivity contribution in [2.24, 2.45) is 10.8 Å². The van der Waals surface area contributed by atoms with Gasteiger partial charge in [-0.25, -0.2) is 0 Å². The van der Waals surface area contributed by atoms with Gasteiger partial charge in [0.2, 0.25) is 0 Å². The summed E-state index contributed by atoms with van der Waals surface area (Å²) in [6.07, 6.45) is 7.12. The maximum Gasteiger partial charge on any atom is 0.184 e. The van der Waals surface area contributed by atoms with Crippen molar-refractivity contribution in [2.45, 2.75) is 25.7 Å². The molecule has 3 N–H and O–H groups in total. The summed E-state index contributed by atoms with van der Waals surface area (Å²) in [5.74, 6) is 0.209. The Morgan fingerprint density at radius 1 is 1.00 bits per heavy atom. The molecule has 0 radical (unpaired) electrons. The number of hydrogen-bond donors (Lipinski definition) is 2. The van der Waals surface area contributed by atoms with E-state index in [9.17, 15) is 0 Å². The van der Waals surface area contributed by atoms with Crippen LogP contribution in [-0.2, 0) is 0 Å². The van der Waals surface area contributed by atoms with Crippen molar-refractivity contribution < 1.29 is 0 Å². The molecule has 5 nitrogen and oxygen atoms in total. The molecule has 2 atom stereocenters. The van der Waals surface area contributed by atoms with Gasteiger partial charge in [-0.1, -0.05) is 13.8 Å². The highest BCUT2D eigenvalue weighted by Gasteiger charge is 2.21. The third kappa shape index (κ3) is 4.08. The Morgan fingerprint density at radius 3 is 1.77 bits per heavy atom. The van der Waals surface area contributed by atoms with Crippen molar-refractivity contribution in [3.63, 3.8) is 0 Å². The Hall–Kier alpha value is -2.34. The SMILES string of the molecule is CC(C(=NNC(N)=S)C(C)c1ccncc1)c1ccncc1. The summed E-state index contributed by atoms with van der Waals surface area (Å²) in [5, 5.41) is 4.59. The van der Waals surface area contributed by atoms with E-state index in [4.69, 9.17) is 18.0 Å². The first kappa shape index (κ1) is 16.0. The number of nitrogens with zero attached hydrogens (tertiary/aromatic N) is 3. The topological polar surface area (TPSA) is 76.2 Å². The van der Waals surface area contributed by atoms with Crippen molar-refractivity contribution in [1.29, 1.82) is 0 Å². The van der Waals surface area contributed by atoms with E-state index in [1.165, 1.54) is 0 Å². The first-order valence-electron chi connectivity index (χ1n) is 7.02. The fraction of sp³-hybridized carbons (Fsp3) is 0.250. The zero-order valence-electron chi connectivity index (χ0n) is 12.6. The molecule has 0 saturated carbocycles. The summed E-state index contributed by atoms with van der Waals surface area (Å²) >= 11 is 4.86. The highest BCUT2D eigenvalue weighted by Crippen LogP contribution is 2.26. The van der Waals surface area contributed by atoms with Gasteiger partial charge in [-0.2, -0.15) is 5.10 Å². The molecule has 2 unspecified atom stereocenters. The molecule has 0 fully saturated rings. The Kier molecular flexibility index (Phi) is 5.55. The van der Waals surface area contributed by atoms with Gasteiger partial charge < -0.3 is 5.73 Å². The number of nitrogens with one attached hydrogen (secondary N) is 1. The summed E-state index contributed by atoms with van der Waals surface area (Å²) in [7, 11) is 0. The second-order valence-electron chi connectivity index (χ2n) is 5.02. The molecule has 6 heteroatoms. The normalized spacial score (nSPS) is 13.0. The lowest BCUT2D eigenvalue weighted by molar-refractivity contribution is 0.863. The molecule has 0 amide bonds. The molecule has 2 aromatic rings. The lowest BCUT2D eigenvalue weighted by atomic mass is 9.86. The first-order chi connectivity index (χ1) is 10.6. The average molecular weight is 313 g/mol. The minimum Gasteiger partial charge on any atom is -0.375 e. The predicted molar refractivity (Wildman–Crippen MR) is 92.7 cm³/mol. The number of hydrogen-bond acceptors (Lipinski definition) is 4. The van der Waals surface area contributed by atoms with Crippen molar-refractivity contribution in [1.82, 2.24) is 15.4 Å². The zero-order valence-corrected chi connectivity index (χ0v) is 13.4. The average Bonchev–Trinajstić information content (AvgIpc) is 2.56. The van der Waals surface area contributed by atoms with Gasteiger partial charge in [-0.05, 0) is 47.6 Å². The van der Waals surface area contributed by atoms with E-state index in [0.29, 0.717) is 0 Å². The molecule has 0 aromatic carbocycles. The molecular formula is C16H19N5S. The first-order valence-corrected chi connectivity index (χ1v) is 7.43. The molecule has 2 aromatic heterocycles. The molecule has 0 bridgehead atoms. The van der Waals surface area contributed by atoms with E-state index < -0.39 is 0 Å². The van der Waals surface area contributed by atoms with Crippen LogP contribution in [0.4, 0.5) is 0 Å². The van der Waals surface area contributed by atoms with Crippen LogP contribution in [0.1, 0.15) is 36.8 Å². The van der Waals surface area contributed by atoms with Gasteiger partial charge in [0.1, 0.15) is 0 Å². The fourth-order valence-corrected chi connectivity index (χ4v) is 2.38. The number of nitrogens with two attached hydrogens (primary N) is 1.